The number of halogens is 2. The number of aromatic amines is 1. The SMILES string of the molecule is Cc1nc(SCc2ccccc2F)[nH]c(=O)c1CC(=O)NCc1ccccc1Cl. The monoisotopic (exact) mass is 431 g/mol. The number of rotatable bonds is 7. The number of thioether (sulfide) groups is 1. The van der Waals surface area contributed by atoms with E-state index in [-0.39, 0.29) is 30.2 Å². The molecule has 1 aromatic heterocycles. The molecule has 3 aromatic rings. The number of hydrogen-bond donors (Lipinski definition) is 2. The first-order chi connectivity index (χ1) is 13.9. The van der Waals surface area contributed by atoms with Crippen LogP contribution in [0.5, 0.6) is 0 Å². The molecule has 0 fully saturated rings. The van der Waals surface area contributed by atoms with Crippen molar-refractivity contribution in [2.75, 3.05) is 0 Å². The number of hydrogen-bond acceptors (Lipinski definition) is 4. The van der Waals surface area contributed by atoms with E-state index in [1.165, 1.54) is 17.8 Å². The maximum Gasteiger partial charge on any atom is 0.255 e. The third kappa shape index (κ3) is 5.68. The lowest BCUT2D eigenvalue weighted by Crippen LogP contribution is -2.29. The minimum atomic E-state index is -0.374. The summed E-state index contributed by atoms with van der Waals surface area (Å²) in [5.74, 6) is -0.259. The number of nitrogens with one attached hydrogen (secondary N) is 2. The van der Waals surface area contributed by atoms with Crippen LogP contribution in [-0.2, 0) is 23.5 Å². The highest BCUT2D eigenvalue weighted by molar-refractivity contribution is 7.98. The number of aromatic nitrogens is 2. The molecule has 0 unspecified atom stereocenters. The van der Waals surface area contributed by atoms with Gasteiger partial charge in [0.05, 0.1) is 6.42 Å². The second kappa shape index (κ2) is 9.71. The first-order valence-electron chi connectivity index (χ1n) is 8.90. The van der Waals surface area contributed by atoms with Crippen LogP contribution in [0.2, 0.25) is 5.02 Å². The molecular formula is C21H19ClFN3O2S. The quantitative estimate of drug-likeness (QED) is 0.437. The second-order valence-electron chi connectivity index (χ2n) is 6.36. The van der Waals surface area contributed by atoms with E-state index in [0.29, 0.717) is 32.8 Å². The van der Waals surface area contributed by atoms with Gasteiger partial charge in [-0.25, -0.2) is 9.37 Å². The molecule has 0 spiro atoms. The Hall–Kier alpha value is -2.64. The van der Waals surface area contributed by atoms with E-state index in [9.17, 15) is 14.0 Å². The van der Waals surface area contributed by atoms with Gasteiger partial charge in [-0.05, 0) is 30.2 Å². The van der Waals surface area contributed by atoms with Crippen molar-refractivity contribution in [1.29, 1.82) is 0 Å². The van der Waals surface area contributed by atoms with E-state index in [4.69, 9.17) is 11.6 Å². The van der Waals surface area contributed by atoms with Crippen LogP contribution in [0, 0.1) is 12.7 Å². The van der Waals surface area contributed by atoms with E-state index in [1.807, 2.05) is 18.2 Å². The molecule has 3 rings (SSSR count). The van der Waals surface area contributed by atoms with Crippen molar-refractivity contribution >= 4 is 29.3 Å². The Morgan fingerprint density at radius 1 is 1.17 bits per heavy atom. The summed E-state index contributed by atoms with van der Waals surface area (Å²) in [6.45, 7) is 1.96. The maximum atomic E-state index is 13.7. The number of benzene rings is 2. The number of amides is 1. The molecule has 0 bridgehead atoms. The van der Waals surface area contributed by atoms with Gasteiger partial charge in [-0.15, -0.1) is 0 Å². The molecule has 0 aliphatic rings. The predicted octanol–water partition coefficient (Wildman–Crippen LogP) is 4.02. The highest BCUT2D eigenvalue weighted by Crippen LogP contribution is 2.21. The molecule has 2 aromatic carbocycles. The van der Waals surface area contributed by atoms with Crippen LogP contribution in [0.1, 0.15) is 22.4 Å². The molecule has 2 N–H and O–H groups in total. The Morgan fingerprint density at radius 2 is 1.86 bits per heavy atom. The summed E-state index contributed by atoms with van der Waals surface area (Å²) >= 11 is 7.31. The Morgan fingerprint density at radius 3 is 2.55 bits per heavy atom. The molecule has 8 heteroatoms. The van der Waals surface area contributed by atoms with Crippen LogP contribution in [0.25, 0.3) is 0 Å². The van der Waals surface area contributed by atoms with Crippen molar-refractivity contribution in [3.63, 3.8) is 0 Å². The fourth-order valence-electron chi connectivity index (χ4n) is 2.68. The van der Waals surface area contributed by atoms with Crippen LogP contribution in [0.15, 0.2) is 58.5 Å². The Bertz CT molecular complexity index is 1090. The fourth-order valence-corrected chi connectivity index (χ4v) is 3.78. The molecule has 150 valence electrons. The summed E-state index contributed by atoms with van der Waals surface area (Å²) in [6, 6.07) is 13.7. The number of nitrogens with zero attached hydrogens (tertiary/aromatic N) is 1. The van der Waals surface area contributed by atoms with E-state index in [0.717, 1.165) is 5.56 Å². The van der Waals surface area contributed by atoms with Gasteiger partial charge in [-0.2, -0.15) is 0 Å². The number of aryl methyl sites for hydroxylation is 1. The van der Waals surface area contributed by atoms with Crippen molar-refractivity contribution in [3.05, 3.63) is 92.1 Å². The molecule has 0 radical (unpaired) electrons. The molecule has 0 atom stereocenters. The van der Waals surface area contributed by atoms with Gasteiger partial charge in [-0.1, -0.05) is 59.8 Å². The number of H-pyrrole nitrogens is 1. The third-order valence-corrected chi connectivity index (χ3v) is 5.58. The normalized spacial score (nSPS) is 10.7. The minimum absolute atomic E-state index is 0.0864. The summed E-state index contributed by atoms with van der Waals surface area (Å²) in [5, 5.41) is 3.71. The van der Waals surface area contributed by atoms with Crippen LogP contribution < -0.4 is 10.9 Å². The molecule has 1 heterocycles. The van der Waals surface area contributed by atoms with Gasteiger partial charge in [0.1, 0.15) is 5.82 Å². The lowest BCUT2D eigenvalue weighted by molar-refractivity contribution is -0.120. The van der Waals surface area contributed by atoms with E-state index in [1.54, 1.807) is 31.2 Å². The van der Waals surface area contributed by atoms with Gasteiger partial charge in [0.2, 0.25) is 5.91 Å². The minimum Gasteiger partial charge on any atom is -0.352 e. The molecule has 5 nitrogen and oxygen atoms in total. The van der Waals surface area contributed by atoms with Gasteiger partial charge in [0, 0.05) is 28.6 Å². The van der Waals surface area contributed by atoms with Crippen molar-refractivity contribution in [3.8, 4) is 0 Å². The summed E-state index contributed by atoms with van der Waals surface area (Å²) in [5.41, 5.74) is 1.72. The Labute approximate surface area is 176 Å². The molecule has 0 saturated carbocycles. The van der Waals surface area contributed by atoms with Crippen molar-refractivity contribution in [2.24, 2.45) is 0 Å². The smallest absolute Gasteiger partial charge is 0.255 e. The molecule has 29 heavy (non-hydrogen) atoms. The van der Waals surface area contributed by atoms with Crippen molar-refractivity contribution in [2.45, 2.75) is 30.8 Å². The average Bonchev–Trinajstić information content (AvgIpc) is 2.69. The molecule has 0 aliphatic heterocycles. The lowest BCUT2D eigenvalue weighted by atomic mass is 10.1. The van der Waals surface area contributed by atoms with Gasteiger partial charge in [0.25, 0.3) is 5.56 Å². The average molecular weight is 432 g/mol. The topological polar surface area (TPSA) is 74.8 Å². The van der Waals surface area contributed by atoms with Crippen LogP contribution in [0.4, 0.5) is 4.39 Å². The lowest BCUT2D eigenvalue weighted by Gasteiger charge is -2.09. The fraction of sp³-hybridized carbons (Fsp3) is 0.190. The number of carbonyl (C=O) groups excluding carboxylic acids is 1. The summed E-state index contributed by atoms with van der Waals surface area (Å²) < 4.78 is 13.7. The van der Waals surface area contributed by atoms with Crippen LogP contribution in [0.3, 0.4) is 0 Å². The zero-order chi connectivity index (χ0) is 20.8. The Balaban J connectivity index is 1.63. The van der Waals surface area contributed by atoms with E-state index in [2.05, 4.69) is 15.3 Å². The molecule has 1 amide bonds. The maximum absolute atomic E-state index is 13.7. The summed E-state index contributed by atoms with van der Waals surface area (Å²) in [4.78, 5) is 31.7. The zero-order valence-corrected chi connectivity index (χ0v) is 17.2. The van der Waals surface area contributed by atoms with Crippen LogP contribution >= 0.6 is 23.4 Å². The molecular weight excluding hydrogens is 413 g/mol. The standard InChI is InChI=1S/C21H19ClFN3O2S/c1-13-16(10-19(27)24-11-14-6-2-4-8-17(14)22)20(28)26-21(25-13)29-12-15-7-3-5-9-18(15)23/h2-9H,10-12H2,1H3,(H,24,27)(H,25,26,28). The van der Waals surface area contributed by atoms with Crippen LogP contribution in [-0.4, -0.2) is 15.9 Å². The highest BCUT2D eigenvalue weighted by atomic mass is 35.5. The van der Waals surface area contributed by atoms with Gasteiger partial charge >= 0.3 is 0 Å². The third-order valence-electron chi connectivity index (χ3n) is 4.29. The van der Waals surface area contributed by atoms with Crippen molar-refractivity contribution < 1.29 is 9.18 Å². The Kier molecular flexibility index (Phi) is 7.06. The summed E-state index contributed by atoms with van der Waals surface area (Å²) in [7, 11) is 0. The van der Waals surface area contributed by atoms with Gasteiger partial charge in [-0.3, -0.25) is 9.59 Å². The molecule has 0 saturated heterocycles. The first-order valence-corrected chi connectivity index (χ1v) is 10.3. The second-order valence-corrected chi connectivity index (χ2v) is 7.73. The predicted molar refractivity (Wildman–Crippen MR) is 113 cm³/mol. The molecule has 0 aliphatic carbocycles. The van der Waals surface area contributed by atoms with E-state index < -0.39 is 0 Å². The summed E-state index contributed by atoms with van der Waals surface area (Å²) in [6.07, 6.45) is -0.0864. The van der Waals surface area contributed by atoms with Gasteiger partial charge < -0.3 is 10.3 Å². The zero-order valence-electron chi connectivity index (χ0n) is 15.7. The van der Waals surface area contributed by atoms with Gasteiger partial charge in [0.15, 0.2) is 5.16 Å². The van der Waals surface area contributed by atoms with E-state index >= 15 is 0 Å². The largest absolute Gasteiger partial charge is 0.352 e. The number of carbonyl (C=O) groups is 1. The van der Waals surface area contributed by atoms with Crippen molar-refractivity contribution in [1.82, 2.24) is 15.3 Å². The first kappa shape index (κ1) is 21.1. The highest BCUT2D eigenvalue weighted by Gasteiger charge is 2.14.